The van der Waals surface area contributed by atoms with Gasteiger partial charge in [-0.15, -0.1) is 23.1 Å². The Kier molecular flexibility index (Phi) is 28.4. The van der Waals surface area contributed by atoms with Crippen molar-refractivity contribution in [3.8, 4) is 10.4 Å². The van der Waals surface area contributed by atoms with E-state index in [2.05, 4.69) is 69.8 Å². The van der Waals surface area contributed by atoms with E-state index in [1.165, 1.54) is 39.9 Å². The normalized spacial score (nSPS) is 21.1. The molecule has 7 heterocycles. The van der Waals surface area contributed by atoms with Crippen LogP contribution < -0.4 is 35.8 Å². The number of likely N-dealkylation sites (tertiary alicyclic amines) is 2. The van der Waals surface area contributed by atoms with Gasteiger partial charge < -0.3 is 45.8 Å². The first-order valence-corrected chi connectivity index (χ1v) is 46.1. The summed E-state index contributed by atoms with van der Waals surface area (Å²) in [5, 5.41) is 23.5. The highest BCUT2D eigenvalue weighted by Crippen LogP contribution is 2.45. The van der Waals surface area contributed by atoms with Crippen LogP contribution in [0.3, 0.4) is 0 Å². The number of halogens is 4. The Hall–Kier alpha value is -8.50. The quantitative estimate of drug-likeness (QED) is 0.0169. The van der Waals surface area contributed by atoms with Crippen LogP contribution in [0.2, 0.25) is 5.02 Å². The maximum absolute atomic E-state index is 14.5. The van der Waals surface area contributed by atoms with E-state index in [4.69, 9.17) is 21.3 Å². The molecule has 5 aliphatic heterocycles. The summed E-state index contributed by atoms with van der Waals surface area (Å²) in [7, 11) is -11.0. The zero-order chi connectivity index (χ0) is 84.6. The number of piperazine rings is 2. The Labute approximate surface area is 708 Å². The second-order valence-corrected chi connectivity index (χ2v) is 39.6. The number of amides is 5. The molecule has 0 saturated carbocycles. The number of morpholine rings is 1. The zero-order valence-electron chi connectivity index (χ0n) is 68.0. The number of pyridine rings is 1. The van der Waals surface area contributed by atoms with Gasteiger partial charge in [-0.1, -0.05) is 106 Å². The first kappa shape index (κ1) is 88.3. The summed E-state index contributed by atoms with van der Waals surface area (Å²) >= 11 is 9.43. The lowest BCUT2D eigenvalue weighted by molar-refractivity contribution is -0.144. The standard InChI is InChI=1S/C87H107ClF3N13O11S4/c1-57(59-16-18-61(19-17-59)79-58(2)94-56-117-79)95-83(109)75-46-69(105)51-104(75)84(110)80(85(3,4)5)97-78(106)15-11-8-12-35-92-81(107)63-24-31-77(93-49-63)102-43-39-100(40-44-102)55-86(6)34-32-73(60-20-25-65(88)26-21-60)64(48-86)50-99-37-41-101(42-38-99)67-27-22-62(23-28-67)82(108)98-119(113,114)72-29-30-74(76(47-72)118(111,112)87(89,90)91)96-66(54-116-71-13-9-7-10-14-71)33-36-103-52-70-45-68(103)53-115-70/h7,9-10,13-14,16-31,47,49,56-57,66,68-70,75,80,96,105H,8,11-12,15,32-46,48,50-55H2,1-6H3,(H,92,107)(H,95,109)(H,97,106)(H,98,108)/t57-,66+,68+,69+,70+,75-,80+,86+/m0/s1. The van der Waals surface area contributed by atoms with Crippen molar-refractivity contribution in [2.75, 3.05) is 119 Å². The number of aryl methyl sites for hydroxylation is 1. The van der Waals surface area contributed by atoms with Gasteiger partial charge in [-0.05, 0) is 171 Å². The average molecular weight is 1730 g/mol. The summed E-state index contributed by atoms with van der Waals surface area (Å²) in [5.41, 5.74) is 2.87. The Morgan fingerprint density at radius 2 is 1.47 bits per heavy atom. The molecule has 6 N–H and O–H groups in total. The number of alkyl halides is 3. The molecule has 119 heavy (non-hydrogen) atoms. The number of sulfonamides is 1. The molecule has 1 aliphatic carbocycles. The molecule has 638 valence electrons. The molecular weight excluding hydrogens is 1620 g/mol. The fraction of sp³-hybridized carbons (Fsp3) is 0.483. The van der Waals surface area contributed by atoms with Crippen LogP contribution >= 0.6 is 34.7 Å². The molecule has 13 rings (SSSR count). The van der Waals surface area contributed by atoms with Crippen LogP contribution in [0, 0.1) is 17.8 Å². The molecule has 2 aromatic heterocycles. The van der Waals surface area contributed by atoms with Gasteiger partial charge in [0, 0.05) is 150 Å². The third-order valence-electron chi connectivity index (χ3n) is 23.7. The molecule has 5 saturated heterocycles. The van der Waals surface area contributed by atoms with Gasteiger partial charge in [-0.2, -0.15) is 13.2 Å². The van der Waals surface area contributed by atoms with E-state index in [1.54, 1.807) is 35.7 Å². The summed E-state index contributed by atoms with van der Waals surface area (Å²) < 4.78 is 106. The van der Waals surface area contributed by atoms with Crippen molar-refractivity contribution in [1.29, 1.82) is 0 Å². The number of allylic oxidation sites excluding steroid dienone is 1. The highest BCUT2D eigenvalue weighted by Gasteiger charge is 2.50. The predicted octanol–water partition coefficient (Wildman–Crippen LogP) is 12.3. The van der Waals surface area contributed by atoms with Gasteiger partial charge >= 0.3 is 5.51 Å². The maximum Gasteiger partial charge on any atom is 0.501 e. The lowest BCUT2D eigenvalue weighted by Gasteiger charge is -2.44. The number of thiazole rings is 1. The number of anilines is 3. The van der Waals surface area contributed by atoms with E-state index < -0.39 is 82.3 Å². The molecule has 0 unspecified atom stereocenters. The summed E-state index contributed by atoms with van der Waals surface area (Å²) in [5.74, 6) is -1.25. The molecule has 6 aliphatic rings. The number of rotatable bonds is 32. The molecule has 5 fully saturated rings. The fourth-order valence-electron chi connectivity index (χ4n) is 17.0. The molecule has 5 amide bonds. The second kappa shape index (κ2) is 38.3. The van der Waals surface area contributed by atoms with E-state index in [0.717, 1.165) is 134 Å². The van der Waals surface area contributed by atoms with E-state index in [9.17, 15) is 59.1 Å². The zero-order valence-corrected chi connectivity index (χ0v) is 72.1. The Bertz CT molecular complexity index is 5000. The monoisotopic (exact) mass is 1730 g/mol. The molecule has 7 aromatic rings. The van der Waals surface area contributed by atoms with Crippen molar-refractivity contribution in [2.24, 2.45) is 10.8 Å². The van der Waals surface area contributed by atoms with Crippen LogP contribution in [0.25, 0.3) is 16.0 Å². The molecule has 0 radical (unpaired) electrons. The van der Waals surface area contributed by atoms with Gasteiger partial charge in [-0.25, -0.2) is 31.5 Å². The smallest absolute Gasteiger partial charge is 0.391 e. The number of ether oxygens (including phenoxy) is 1. The van der Waals surface area contributed by atoms with Crippen molar-refractivity contribution < 1.29 is 63.8 Å². The third kappa shape index (κ3) is 22.2. The molecule has 5 aromatic carbocycles. The molecule has 8 atom stereocenters. The fourth-order valence-corrected chi connectivity index (χ4v) is 20.9. The number of fused-ring (bicyclic) bond motifs is 2. The minimum atomic E-state index is -6.11. The van der Waals surface area contributed by atoms with Crippen molar-refractivity contribution in [2.45, 2.75) is 168 Å². The first-order valence-electron chi connectivity index (χ1n) is 40.9. The summed E-state index contributed by atoms with van der Waals surface area (Å²) in [6.07, 6.45) is 7.00. The van der Waals surface area contributed by atoms with E-state index in [0.29, 0.717) is 87.4 Å². The summed E-state index contributed by atoms with van der Waals surface area (Å²) in [6.45, 7) is 21.7. The summed E-state index contributed by atoms with van der Waals surface area (Å²) in [6, 6.07) is 35.3. The number of unbranched alkanes of at least 4 members (excludes halogenated alkanes) is 2. The molecular formula is C87H107ClF3N13O11S4. The number of aliphatic hydroxyl groups is 1. The van der Waals surface area contributed by atoms with Gasteiger partial charge in [0.2, 0.25) is 17.7 Å². The Morgan fingerprint density at radius 1 is 0.773 bits per heavy atom. The maximum atomic E-state index is 14.5. The average Bonchev–Trinajstić information content (AvgIpc) is 1.58. The topological polar surface area (TPSA) is 288 Å². The van der Waals surface area contributed by atoms with Gasteiger partial charge in [0.05, 0.1) is 57.1 Å². The molecule has 2 bridgehead atoms. The van der Waals surface area contributed by atoms with Crippen LogP contribution in [0.1, 0.15) is 142 Å². The van der Waals surface area contributed by atoms with Crippen molar-refractivity contribution in [3.05, 3.63) is 184 Å². The number of nitrogens with zero attached hydrogens (tertiary/aromatic N) is 8. The number of sulfone groups is 1. The van der Waals surface area contributed by atoms with Gasteiger partial charge in [0.1, 0.15) is 22.8 Å². The van der Waals surface area contributed by atoms with E-state index in [-0.39, 0.29) is 66.3 Å². The number of benzene rings is 5. The summed E-state index contributed by atoms with van der Waals surface area (Å²) in [4.78, 5) is 90.6. The number of thioether (sulfide) groups is 1. The number of hydrogen-bond donors (Lipinski definition) is 6. The third-order valence-corrected chi connectivity index (χ3v) is 28.9. The number of aromatic nitrogens is 2. The first-order chi connectivity index (χ1) is 56.7. The number of nitrogens with one attached hydrogen (secondary N) is 5. The Morgan fingerprint density at radius 3 is 2.13 bits per heavy atom. The van der Waals surface area contributed by atoms with Gasteiger partial charge in [0.15, 0.2) is 0 Å². The van der Waals surface area contributed by atoms with Crippen LogP contribution in [0.5, 0.6) is 0 Å². The lowest BCUT2D eigenvalue weighted by atomic mass is 9.71. The van der Waals surface area contributed by atoms with Crippen LogP contribution in [-0.4, -0.2) is 227 Å². The highest BCUT2D eigenvalue weighted by molar-refractivity contribution is 7.99. The number of aliphatic hydroxyl groups excluding tert-OH is 1. The van der Waals surface area contributed by atoms with Gasteiger partial charge in [-0.3, -0.25) is 38.7 Å². The van der Waals surface area contributed by atoms with Gasteiger partial charge in [0.25, 0.3) is 31.7 Å². The van der Waals surface area contributed by atoms with E-state index in [1.807, 2.05) is 118 Å². The van der Waals surface area contributed by atoms with Crippen LogP contribution in [-0.2, 0) is 39.0 Å². The number of carbonyl (C=O) groups is 5. The molecule has 24 nitrogen and oxygen atoms in total. The minimum absolute atomic E-state index is 0.0121. The second-order valence-electron chi connectivity index (χ2n) is 33.6. The number of carbonyl (C=O) groups excluding carboxylic acids is 5. The minimum Gasteiger partial charge on any atom is -0.391 e. The van der Waals surface area contributed by atoms with Crippen molar-refractivity contribution in [1.82, 2.24) is 50.2 Å². The number of hydrogen-bond acceptors (Lipinski definition) is 21. The predicted molar refractivity (Wildman–Crippen MR) is 459 cm³/mol. The van der Waals surface area contributed by atoms with Crippen molar-refractivity contribution >= 4 is 107 Å². The van der Waals surface area contributed by atoms with Crippen molar-refractivity contribution in [3.63, 3.8) is 0 Å². The molecule has 32 heteroatoms. The largest absolute Gasteiger partial charge is 0.501 e. The molecule has 0 spiro atoms. The SMILES string of the molecule is Cc1ncsc1-c1ccc([C@H](C)NC(=O)[C@@H]2C[C@@H](O)CN2C(=O)[C@@H](NC(=O)CCCCCNC(=O)c2ccc(N3CCN(C[C@]4(C)CCC(c5ccc(Cl)cc5)=C(CN5CCN(c6ccc(C(=O)NS(=O)(=O)c7ccc(N[C@H](CCN8C[C@H]9C[C@@H]8CO9)CSc8ccccc8)c(S(=O)(=O)C(F)(F)F)c7)cc6)CC5)C4)CC3)nc2)C(C)(C)C)cc1. The van der Waals surface area contributed by atoms with Crippen LogP contribution in [0.4, 0.5) is 30.4 Å². The lowest BCUT2D eigenvalue weighted by Crippen LogP contribution is -2.57. The number of β-amino-alcohol motifs (C(OH)–C–C–N with tert-alkyl or cyclic N) is 1. The van der Waals surface area contributed by atoms with E-state index >= 15 is 0 Å². The van der Waals surface area contributed by atoms with Crippen LogP contribution in [0.15, 0.2) is 165 Å². The highest BCUT2D eigenvalue weighted by atomic mass is 35.5. The Balaban J connectivity index is 0.545.